The van der Waals surface area contributed by atoms with E-state index in [1.807, 2.05) is 67.5 Å². The molecule has 0 spiro atoms. The molecule has 7 aliphatic heterocycles. The number of nitrogens with zero attached hydrogens (tertiary/aromatic N) is 1. The summed E-state index contributed by atoms with van der Waals surface area (Å²) in [6.45, 7) is 20.5. The highest BCUT2D eigenvalue weighted by Gasteiger charge is 2.68. The number of phosphoric acid groups is 1. The molecule has 21 N–H and O–H groups in total. The minimum Gasteiger partial charge on any atom is -0.394 e. The van der Waals surface area contributed by atoms with Crippen molar-refractivity contribution in [2.45, 2.75) is 207 Å². The predicted octanol–water partition coefficient (Wildman–Crippen LogP) is 1.38. The summed E-state index contributed by atoms with van der Waals surface area (Å²) in [5.74, 6) is -6.17. The number of hydrogen-bond acceptors (Lipinski definition) is 19. The van der Waals surface area contributed by atoms with Crippen LogP contribution in [0.5, 0.6) is 0 Å². The normalized spacial score (nSPS) is 37.2. The molecule has 18 atom stereocenters. The highest BCUT2D eigenvalue weighted by Crippen LogP contribution is 2.62. The number of carbonyl (C=O) groups is 7. The maximum absolute atomic E-state index is 14.4. The molecule has 28 heteroatoms. The van der Waals surface area contributed by atoms with E-state index in [0.717, 1.165) is 39.3 Å². The summed E-state index contributed by atoms with van der Waals surface area (Å²) < 4.78 is 30.9. The molecule has 0 radical (unpaired) electrons. The maximum atomic E-state index is 14.4. The summed E-state index contributed by atoms with van der Waals surface area (Å²) in [4.78, 5) is 107. The van der Waals surface area contributed by atoms with Crippen molar-refractivity contribution in [2.24, 2.45) is 79.7 Å². The average molecular weight is 1280 g/mol. The first-order valence-corrected chi connectivity index (χ1v) is 32.8. The highest BCUT2D eigenvalue weighted by molar-refractivity contribution is 7.47. The molecule has 5 fully saturated rings. The molecule has 0 aromatic heterocycles. The number of phosphoric ester groups is 1. The number of carbonyl (C=O) groups excluding carboxylic acids is 7. The Morgan fingerprint density at radius 3 is 1.91 bits per heavy atom. The van der Waals surface area contributed by atoms with Crippen molar-refractivity contribution in [3.8, 4) is 0 Å². The SMILES string of the molecule is C/C1=C2/N[C@H]([C@H](CC(N)=O)[C@@]2(C)CCC(=O)NC[C@@H](C)OP(=O)(O)O[C@H]2[C@@H](O)[C@@H](N3CNc4cc(C)c(C)cc43)O[C@@H]2CO)[C@]2(C)N[C@@H](/C(C)=C3\NC(/C=C4\NC1[C@@H](CCC(N)=O)C4(C)C)[C@@H](CCC(N)=O)[C@]3(C)CC(N)=O)[C@@H](CCC(N)=O)[C@]2(C)CC(N)=O. The lowest BCUT2D eigenvalue weighted by atomic mass is 9.56. The van der Waals surface area contributed by atoms with Gasteiger partial charge in [-0.3, -0.25) is 42.6 Å². The van der Waals surface area contributed by atoms with E-state index in [0.29, 0.717) is 17.8 Å². The van der Waals surface area contributed by atoms with E-state index in [2.05, 4.69) is 51.8 Å². The second-order valence-electron chi connectivity index (χ2n) is 28.1. The first-order chi connectivity index (χ1) is 41.8. The van der Waals surface area contributed by atoms with Crippen LogP contribution in [0.2, 0.25) is 0 Å². The van der Waals surface area contributed by atoms with E-state index in [9.17, 15) is 53.2 Å². The first kappa shape index (κ1) is 69.6. The summed E-state index contributed by atoms with van der Waals surface area (Å²) >= 11 is 0. The van der Waals surface area contributed by atoms with Crippen LogP contribution in [0, 0.1) is 59.2 Å². The fourth-order valence-electron chi connectivity index (χ4n) is 16.9. The van der Waals surface area contributed by atoms with Crippen molar-refractivity contribution in [1.29, 1.82) is 0 Å². The van der Waals surface area contributed by atoms with Crippen LogP contribution in [-0.2, 0) is 51.9 Å². The number of aliphatic hydroxyl groups is 2. The van der Waals surface area contributed by atoms with Crippen LogP contribution in [0.15, 0.2) is 46.4 Å². The Morgan fingerprint density at radius 1 is 0.744 bits per heavy atom. The average Bonchev–Trinajstić information content (AvgIpc) is 1.53. The maximum Gasteiger partial charge on any atom is 0.472 e. The number of benzene rings is 1. The van der Waals surface area contributed by atoms with Gasteiger partial charge < -0.3 is 91.0 Å². The number of amides is 7. The summed E-state index contributed by atoms with van der Waals surface area (Å²) in [5.41, 5.74) is 38.3. The number of fused-ring (bicyclic) bond motifs is 10. The zero-order chi connectivity index (χ0) is 66.7. The lowest BCUT2D eigenvalue weighted by Gasteiger charge is -2.49. The van der Waals surface area contributed by atoms with E-state index in [1.165, 1.54) is 6.92 Å². The van der Waals surface area contributed by atoms with Crippen LogP contribution in [0.4, 0.5) is 11.4 Å². The van der Waals surface area contributed by atoms with E-state index in [1.54, 1.807) is 4.90 Å². The molecule has 7 heterocycles. The lowest BCUT2D eigenvalue weighted by Crippen LogP contribution is -2.64. The van der Waals surface area contributed by atoms with Crippen LogP contribution in [0.1, 0.15) is 144 Å². The molecule has 8 bridgehead atoms. The number of aliphatic hydroxyl groups excluding tert-OH is 2. The first-order valence-electron chi connectivity index (χ1n) is 31.3. The third kappa shape index (κ3) is 13.2. The van der Waals surface area contributed by atoms with E-state index in [-0.39, 0.29) is 83.3 Å². The molecule has 90 heavy (non-hydrogen) atoms. The number of hydrogen-bond donors (Lipinski definition) is 15. The monoisotopic (exact) mass is 1280 g/mol. The van der Waals surface area contributed by atoms with Crippen LogP contribution in [0.3, 0.4) is 0 Å². The third-order valence-corrected chi connectivity index (χ3v) is 23.0. The van der Waals surface area contributed by atoms with E-state index < -0.39 is 156 Å². The molecule has 1 aromatic carbocycles. The van der Waals surface area contributed by atoms with Gasteiger partial charge in [-0.25, -0.2) is 4.57 Å². The minimum absolute atomic E-state index is 0.0168. The molecule has 0 aliphatic carbocycles. The number of nitrogens with two attached hydrogens (primary N) is 6. The predicted molar refractivity (Wildman–Crippen MR) is 334 cm³/mol. The van der Waals surface area contributed by atoms with Crippen LogP contribution in [-0.4, -0.2) is 137 Å². The molecular weight excluding hydrogens is 1180 g/mol. The van der Waals surface area contributed by atoms with Crippen molar-refractivity contribution < 1.29 is 67.0 Å². The number of allylic oxidation sites excluding steroid dienone is 3. The zero-order valence-electron chi connectivity index (χ0n) is 53.8. The van der Waals surface area contributed by atoms with Gasteiger partial charge in [0.05, 0.1) is 36.8 Å². The molecule has 1 aromatic rings. The third-order valence-electron chi connectivity index (χ3n) is 21.9. The van der Waals surface area contributed by atoms with Gasteiger partial charge in [-0.2, -0.15) is 0 Å². The quantitative estimate of drug-likeness (QED) is 0.0583. The fraction of sp³-hybridized carbons (Fsp3) is 0.694. The van der Waals surface area contributed by atoms with E-state index in [4.69, 9.17) is 48.2 Å². The fourth-order valence-corrected chi connectivity index (χ4v) is 18.0. The number of ether oxygens (including phenoxy) is 1. The van der Waals surface area contributed by atoms with Crippen molar-refractivity contribution in [2.75, 3.05) is 30.0 Å². The Morgan fingerprint density at radius 2 is 1.32 bits per heavy atom. The zero-order valence-corrected chi connectivity index (χ0v) is 54.7. The van der Waals surface area contributed by atoms with Crippen molar-refractivity contribution in [1.82, 2.24) is 26.6 Å². The van der Waals surface area contributed by atoms with Gasteiger partial charge in [-0.15, -0.1) is 0 Å². The van der Waals surface area contributed by atoms with Crippen LogP contribution in [0.25, 0.3) is 0 Å². The summed E-state index contributed by atoms with van der Waals surface area (Å²) in [6, 6.07) is 1.33. The van der Waals surface area contributed by atoms with Gasteiger partial charge in [0, 0.05) is 120 Å². The summed E-state index contributed by atoms with van der Waals surface area (Å²) in [7, 11) is -5.03. The molecule has 8 rings (SSSR count). The smallest absolute Gasteiger partial charge is 0.394 e. The molecule has 500 valence electrons. The van der Waals surface area contributed by atoms with Gasteiger partial charge in [0.25, 0.3) is 0 Å². The lowest BCUT2D eigenvalue weighted by molar-refractivity contribution is -0.124. The number of primary amides is 6. The number of rotatable bonds is 26. The van der Waals surface area contributed by atoms with Gasteiger partial charge in [-0.05, 0) is 125 Å². The van der Waals surface area contributed by atoms with Crippen molar-refractivity contribution in [3.05, 3.63) is 57.6 Å². The number of aryl methyl sites for hydroxylation is 2. The number of nitrogens with one attached hydrogen (secondary N) is 6. The Balaban J connectivity index is 1.17. The molecule has 5 saturated heterocycles. The van der Waals surface area contributed by atoms with Gasteiger partial charge in [0.1, 0.15) is 18.3 Å². The Kier molecular flexibility index (Phi) is 20.1. The number of anilines is 2. The van der Waals surface area contributed by atoms with Gasteiger partial charge >= 0.3 is 7.82 Å². The topological polar surface area (TPSA) is 456 Å². The Bertz CT molecular complexity index is 3180. The van der Waals surface area contributed by atoms with Gasteiger partial charge in [0.15, 0.2) is 6.23 Å². The van der Waals surface area contributed by atoms with Crippen molar-refractivity contribution >= 4 is 60.5 Å². The van der Waals surface area contributed by atoms with Gasteiger partial charge in [-0.1, -0.05) is 34.6 Å². The minimum atomic E-state index is -5.03. The Hall–Kier alpha value is -6.32. The van der Waals surface area contributed by atoms with Crippen molar-refractivity contribution in [3.63, 3.8) is 0 Å². The standard InChI is InChI=1S/C62H98N13O14P/c1-29-20-39-40(21-30(29)2)75(28-70-39)57-52(84)53(41(27-76)87-57)89-90(85,86)88-31(3)26-69-49(83)18-19-59(8)37(22-46(66)80)56-62(11)61(10,25-48(68)82)36(14-17-45(65)79)51(74-62)33(5)55-60(9,24-47(67)81)34(12-15-43(63)77)38(71-55)23-42-58(6,7)35(13-16-44(64)78)50(72-42)32(4)54(59)73-56/h20-21,23,31,34-38,41,50-53,56-57,70-74,76,84H,12-19,22,24-28H2,1-11H3,(H2,63,77)(H2,64,78)(H2,65,79)(H2,66,80)(H2,67,81)(H2,68,82)(H,69,83)(H,85,86)/b42-23-,54-32-,55-33-/t31-,34-,35-,36-,37+,38?,41-,50?,51+,52-,53-,56-,57+,59-,60+,61+,62+/m1/s1. The molecule has 0 saturated carbocycles. The van der Waals surface area contributed by atoms with Gasteiger partial charge in [0.2, 0.25) is 41.4 Å². The summed E-state index contributed by atoms with van der Waals surface area (Å²) in [5, 5.41) is 43.5. The molecule has 7 aliphatic rings. The Labute approximate surface area is 526 Å². The molecule has 7 amide bonds. The second kappa shape index (κ2) is 26.0. The second-order valence-corrected chi connectivity index (χ2v) is 29.4. The van der Waals surface area contributed by atoms with E-state index >= 15 is 0 Å². The highest BCUT2D eigenvalue weighted by atomic mass is 31.2. The molecular formula is C62H98N13O14P. The molecule has 3 unspecified atom stereocenters. The van der Waals surface area contributed by atoms with Crippen LogP contribution >= 0.6 is 7.82 Å². The van der Waals surface area contributed by atoms with Crippen LogP contribution < -0.4 is 71.2 Å². The summed E-state index contributed by atoms with van der Waals surface area (Å²) in [6.07, 6.45) is -4.37. The largest absolute Gasteiger partial charge is 0.472 e. The molecule has 27 nitrogen and oxygen atoms in total.